The Balaban J connectivity index is 1.68. The SMILES string of the molecule is CC(C)(C)OC(=O)NCC(=O)NC1CCN(C(=O)Cc2ccc(Cl)cc2)CC1. The predicted molar refractivity (Wildman–Crippen MR) is 107 cm³/mol. The molecule has 0 radical (unpaired) electrons. The van der Waals surface area contributed by atoms with Crippen LogP contribution in [0.2, 0.25) is 5.02 Å². The van der Waals surface area contributed by atoms with Crippen LogP contribution in [0.4, 0.5) is 4.79 Å². The minimum Gasteiger partial charge on any atom is -0.444 e. The zero-order chi connectivity index (χ0) is 20.7. The fraction of sp³-hybridized carbons (Fsp3) is 0.550. The molecule has 0 bridgehead atoms. The van der Waals surface area contributed by atoms with Crippen molar-refractivity contribution in [1.29, 1.82) is 0 Å². The van der Waals surface area contributed by atoms with E-state index in [9.17, 15) is 14.4 Å². The van der Waals surface area contributed by atoms with Gasteiger partial charge in [-0.1, -0.05) is 23.7 Å². The Hall–Kier alpha value is -2.28. The van der Waals surface area contributed by atoms with E-state index in [1.807, 2.05) is 17.0 Å². The fourth-order valence-electron chi connectivity index (χ4n) is 2.91. The molecule has 0 spiro atoms. The summed E-state index contributed by atoms with van der Waals surface area (Å²) >= 11 is 5.86. The van der Waals surface area contributed by atoms with E-state index in [1.165, 1.54) is 0 Å². The van der Waals surface area contributed by atoms with Gasteiger partial charge in [-0.15, -0.1) is 0 Å². The average Bonchev–Trinajstić information content (AvgIpc) is 2.61. The molecule has 2 N–H and O–H groups in total. The Labute approximate surface area is 170 Å². The molecule has 1 saturated heterocycles. The minimum atomic E-state index is -0.620. The molecule has 1 aliphatic heterocycles. The maximum Gasteiger partial charge on any atom is 0.408 e. The highest BCUT2D eigenvalue weighted by molar-refractivity contribution is 6.30. The summed E-state index contributed by atoms with van der Waals surface area (Å²) in [5.41, 5.74) is 0.324. The van der Waals surface area contributed by atoms with E-state index < -0.39 is 11.7 Å². The van der Waals surface area contributed by atoms with E-state index in [0.29, 0.717) is 37.4 Å². The first-order valence-corrected chi connectivity index (χ1v) is 9.78. The maximum absolute atomic E-state index is 12.4. The van der Waals surface area contributed by atoms with E-state index in [-0.39, 0.29) is 24.4 Å². The highest BCUT2D eigenvalue weighted by atomic mass is 35.5. The van der Waals surface area contributed by atoms with Crippen LogP contribution in [0.25, 0.3) is 0 Å². The number of carbonyl (C=O) groups is 3. The van der Waals surface area contributed by atoms with Crippen molar-refractivity contribution in [2.45, 2.75) is 51.7 Å². The van der Waals surface area contributed by atoms with Crippen LogP contribution in [-0.4, -0.2) is 54.1 Å². The van der Waals surface area contributed by atoms with Crippen LogP contribution >= 0.6 is 11.6 Å². The summed E-state index contributed by atoms with van der Waals surface area (Å²) in [6.07, 6.45) is 1.09. The Morgan fingerprint density at radius 1 is 1.14 bits per heavy atom. The third-order valence-corrected chi connectivity index (χ3v) is 4.53. The number of alkyl carbamates (subject to hydrolysis) is 1. The molecule has 1 aromatic carbocycles. The molecule has 0 saturated carbocycles. The number of halogens is 1. The molecule has 3 amide bonds. The molecule has 8 heteroatoms. The first kappa shape index (κ1) is 22.0. The summed E-state index contributed by atoms with van der Waals surface area (Å²) in [6, 6.07) is 7.25. The number of ether oxygens (including phenoxy) is 1. The van der Waals surface area contributed by atoms with Crippen LogP contribution in [0.3, 0.4) is 0 Å². The van der Waals surface area contributed by atoms with Crippen molar-refractivity contribution in [2.75, 3.05) is 19.6 Å². The molecule has 28 heavy (non-hydrogen) atoms. The van der Waals surface area contributed by atoms with Gasteiger partial charge < -0.3 is 20.3 Å². The second-order valence-electron chi connectivity index (χ2n) is 7.88. The number of rotatable bonds is 5. The van der Waals surface area contributed by atoms with Gasteiger partial charge in [-0.25, -0.2) is 4.79 Å². The monoisotopic (exact) mass is 409 g/mol. The summed E-state index contributed by atoms with van der Waals surface area (Å²) in [5, 5.41) is 5.98. The quantitative estimate of drug-likeness (QED) is 0.782. The molecular weight excluding hydrogens is 382 g/mol. The summed E-state index contributed by atoms with van der Waals surface area (Å²) in [7, 11) is 0. The molecule has 1 aliphatic rings. The standard InChI is InChI=1S/C20H28ClN3O4/c1-20(2,3)28-19(27)22-13-17(25)23-16-8-10-24(11-9-16)18(26)12-14-4-6-15(21)7-5-14/h4-7,16H,8-13H2,1-3H3,(H,22,27)(H,23,25). The second-order valence-corrected chi connectivity index (χ2v) is 8.32. The van der Waals surface area contributed by atoms with Gasteiger partial charge in [-0.2, -0.15) is 0 Å². The van der Waals surface area contributed by atoms with Crippen LogP contribution in [0, 0.1) is 0 Å². The van der Waals surface area contributed by atoms with Gasteiger partial charge in [0.05, 0.1) is 6.42 Å². The number of hydrogen-bond donors (Lipinski definition) is 2. The van der Waals surface area contributed by atoms with Gasteiger partial charge in [-0.3, -0.25) is 9.59 Å². The summed E-state index contributed by atoms with van der Waals surface area (Å²) in [5.74, 6) is -0.199. The number of amides is 3. The lowest BCUT2D eigenvalue weighted by atomic mass is 10.0. The van der Waals surface area contributed by atoms with Crippen molar-refractivity contribution >= 4 is 29.5 Å². The van der Waals surface area contributed by atoms with Crippen LogP contribution in [0.5, 0.6) is 0 Å². The number of likely N-dealkylation sites (tertiary alicyclic amines) is 1. The lowest BCUT2D eigenvalue weighted by Crippen LogP contribution is -2.49. The van der Waals surface area contributed by atoms with Crippen LogP contribution in [0.1, 0.15) is 39.2 Å². The zero-order valence-corrected chi connectivity index (χ0v) is 17.3. The van der Waals surface area contributed by atoms with Crippen molar-refractivity contribution in [3.63, 3.8) is 0 Å². The van der Waals surface area contributed by atoms with E-state index in [0.717, 1.165) is 5.56 Å². The largest absolute Gasteiger partial charge is 0.444 e. The Kier molecular flexibility index (Phi) is 7.69. The average molecular weight is 410 g/mol. The first-order chi connectivity index (χ1) is 13.1. The Morgan fingerprint density at radius 3 is 2.32 bits per heavy atom. The molecule has 7 nitrogen and oxygen atoms in total. The van der Waals surface area contributed by atoms with E-state index in [4.69, 9.17) is 16.3 Å². The van der Waals surface area contributed by atoms with Crippen molar-refractivity contribution in [3.8, 4) is 0 Å². The molecule has 0 unspecified atom stereocenters. The Morgan fingerprint density at radius 2 is 1.75 bits per heavy atom. The van der Waals surface area contributed by atoms with Gasteiger partial charge in [0.1, 0.15) is 12.1 Å². The molecule has 2 rings (SSSR count). The number of benzene rings is 1. The summed E-state index contributed by atoms with van der Waals surface area (Å²) in [4.78, 5) is 37.8. The molecule has 154 valence electrons. The third-order valence-electron chi connectivity index (χ3n) is 4.27. The highest BCUT2D eigenvalue weighted by Crippen LogP contribution is 2.14. The zero-order valence-electron chi connectivity index (χ0n) is 16.6. The fourth-order valence-corrected chi connectivity index (χ4v) is 3.03. The van der Waals surface area contributed by atoms with E-state index in [2.05, 4.69) is 10.6 Å². The van der Waals surface area contributed by atoms with Crippen LogP contribution < -0.4 is 10.6 Å². The number of hydrogen-bond acceptors (Lipinski definition) is 4. The van der Waals surface area contributed by atoms with Crippen molar-refractivity contribution < 1.29 is 19.1 Å². The number of nitrogens with one attached hydrogen (secondary N) is 2. The number of nitrogens with zero attached hydrogens (tertiary/aromatic N) is 1. The van der Waals surface area contributed by atoms with Gasteiger partial charge >= 0.3 is 6.09 Å². The van der Waals surface area contributed by atoms with Gasteiger partial charge in [0.15, 0.2) is 0 Å². The summed E-state index contributed by atoms with van der Waals surface area (Å²) < 4.78 is 5.09. The molecule has 1 fully saturated rings. The van der Waals surface area contributed by atoms with Crippen molar-refractivity contribution in [1.82, 2.24) is 15.5 Å². The van der Waals surface area contributed by atoms with Gasteiger partial charge in [0.2, 0.25) is 11.8 Å². The number of piperidine rings is 1. The third kappa shape index (κ3) is 7.76. The lowest BCUT2D eigenvalue weighted by Gasteiger charge is -2.32. The van der Waals surface area contributed by atoms with Crippen molar-refractivity contribution in [2.24, 2.45) is 0 Å². The molecular formula is C20H28ClN3O4. The normalized spacial score (nSPS) is 15.1. The van der Waals surface area contributed by atoms with Crippen molar-refractivity contribution in [3.05, 3.63) is 34.9 Å². The maximum atomic E-state index is 12.4. The number of carbonyl (C=O) groups excluding carboxylic acids is 3. The smallest absolute Gasteiger partial charge is 0.408 e. The molecule has 1 heterocycles. The van der Waals surface area contributed by atoms with Crippen LogP contribution in [0.15, 0.2) is 24.3 Å². The van der Waals surface area contributed by atoms with Gasteiger partial charge in [0, 0.05) is 24.2 Å². The van der Waals surface area contributed by atoms with Gasteiger partial charge in [-0.05, 0) is 51.3 Å². The molecule has 0 aliphatic carbocycles. The van der Waals surface area contributed by atoms with Crippen LogP contribution in [-0.2, 0) is 20.7 Å². The van der Waals surface area contributed by atoms with Gasteiger partial charge in [0.25, 0.3) is 0 Å². The predicted octanol–water partition coefficient (Wildman–Crippen LogP) is 2.51. The lowest BCUT2D eigenvalue weighted by molar-refractivity contribution is -0.131. The molecule has 0 atom stereocenters. The molecule has 0 aromatic heterocycles. The highest BCUT2D eigenvalue weighted by Gasteiger charge is 2.24. The minimum absolute atomic E-state index is 0.00693. The second kappa shape index (κ2) is 9.78. The first-order valence-electron chi connectivity index (χ1n) is 9.41. The van der Waals surface area contributed by atoms with E-state index in [1.54, 1.807) is 32.9 Å². The van der Waals surface area contributed by atoms with E-state index >= 15 is 0 Å². The Bertz CT molecular complexity index is 692. The molecule has 1 aromatic rings. The topological polar surface area (TPSA) is 87.7 Å². The summed E-state index contributed by atoms with van der Waals surface area (Å²) in [6.45, 7) is 6.33.